The van der Waals surface area contributed by atoms with Crippen molar-refractivity contribution in [1.82, 2.24) is 9.80 Å². The van der Waals surface area contributed by atoms with Gasteiger partial charge in [0.05, 0.1) is 18.8 Å². The van der Waals surface area contributed by atoms with Crippen molar-refractivity contribution >= 4 is 35.1 Å². The number of rotatable bonds is 8. The predicted molar refractivity (Wildman–Crippen MR) is 137 cm³/mol. The summed E-state index contributed by atoms with van der Waals surface area (Å²) in [5.74, 6) is -1.56. The highest BCUT2D eigenvalue weighted by Crippen LogP contribution is 2.45. The smallest absolute Gasteiger partial charge is 0.328 e. The van der Waals surface area contributed by atoms with Crippen LogP contribution < -0.4 is 4.74 Å². The Morgan fingerprint density at radius 1 is 1.11 bits per heavy atom. The number of amides is 1. The summed E-state index contributed by atoms with van der Waals surface area (Å²) in [7, 11) is 0. The molecule has 1 atom stereocenters. The first-order valence-corrected chi connectivity index (χ1v) is 13.3. The van der Waals surface area contributed by atoms with Crippen molar-refractivity contribution in [3.63, 3.8) is 0 Å². The Morgan fingerprint density at radius 3 is 2.46 bits per heavy atom. The van der Waals surface area contributed by atoms with Crippen LogP contribution in [0.3, 0.4) is 0 Å². The molecule has 3 aliphatic rings. The number of carbonyl (C=O) groups is 2. The van der Waals surface area contributed by atoms with E-state index in [0.29, 0.717) is 34.9 Å². The molecule has 0 radical (unpaired) electrons. The van der Waals surface area contributed by atoms with Crippen molar-refractivity contribution in [1.29, 1.82) is 0 Å². The zero-order chi connectivity index (χ0) is 26.1. The normalized spacial score (nSPS) is 20.8. The number of nitrogens with zero attached hydrogens (tertiary/aromatic N) is 2. The van der Waals surface area contributed by atoms with Gasteiger partial charge in [0.25, 0.3) is 5.91 Å². The predicted octanol–water partition coefficient (Wildman–Crippen LogP) is 5.18. The van der Waals surface area contributed by atoms with Crippen molar-refractivity contribution in [2.24, 2.45) is 5.92 Å². The minimum atomic E-state index is -1.17. The number of aliphatic carboxylic acids is 1. The lowest BCUT2D eigenvalue weighted by Crippen LogP contribution is -2.42. The van der Waals surface area contributed by atoms with Gasteiger partial charge in [-0.2, -0.15) is 0 Å². The third-order valence-corrected chi connectivity index (χ3v) is 8.11. The summed E-state index contributed by atoms with van der Waals surface area (Å²) in [5.41, 5.74) is 1.61. The van der Waals surface area contributed by atoms with E-state index in [9.17, 15) is 14.7 Å². The van der Waals surface area contributed by atoms with Gasteiger partial charge in [0.1, 0.15) is 18.3 Å². The molecule has 0 bridgehead atoms. The summed E-state index contributed by atoms with van der Waals surface area (Å²) in [6.45, 7) is 2.65. The molecular formula is C27H29Cl2FN2O5. The molecule has 1 saturated carbocycles. The second kappa shape index (κ2) is 11.2. The van der Waals surface area contributed by atoms with Crippen molar-refractivity contribution in [2.75, 3.05) is 33.0 Å². The molecule has 2 saturated heterocycles. The summed E-state index contributed by atoms with van der Waals surface area (Å²) >= 11 is 12.6. The van der Waals surface area contributed by atoms with Crippen LogP contribution in [0.25, 0.3) is 0 Å². The first kappa shape index (κ1) is 26.2. The summed E-state index contributed by atoms with van der Waals surface area (Å²) < 4.78 is 26.4. The van der Waals surface area contributed by atoms with Crippen LogP contribution in [0.5, 0.6) is 5.75 Å². The van der Waals surface area contributed by atoms with Gasteiger partial charge >= 0.3 is 5.97 Å². The van der Waals surface area contributed by atoms with E-state index in [-0.39, 0.29) is 24.8 Å². The van der Waals surface area contributed by atoms with Gasteiger partial charge in [-0.15, -0.1) is 0 Å². The van der Waals surface area contributed by atoms with Crippen LogP contribution in [0.4, 0.5) is 4.39 Å². The van der Waals surface area contributed by atoms with E-state index in [1.165, 1.54) is 12.1 Å². The minimum absolute atomic E-state index is 0.108. The molecule has 1 amide bonds. The lowest BCUT2D eigenvalue weighted by molar-refractivity contribution is -0.141. The average molecular weight is 551 g/mol. The fourth-order valence-corrected chi connectivity index (χ4v) is 5.52. The summed E-state index contributed by atoms with van der Waals surface area (Å²) in [4.78, 5) is 27.8. The van der Waals surface area contributed by atoms with E-state index in [1.807, 2.05) is 18.2 Å². The van der Waals surface area contributed by atoms with E-state index >= 15 is 4.39 Å². The molecule has 0 spiro atoms. The van der Waals surface area contributed by atoms with Crippen molar-refractivity contribution in [2.45, 2.75) is 44.2 Å². The molecule has 0 unspecified atom stereocenters. The van der Waals surface area contributed by atoms with Crippen molar-refractivity contribution < 1.29 is 28.6 Å². The fourth-order valence-electron chi connectivity index (χ4n) is 5.00. The quantitative estimate of drug-likeness (QED) is 0.487. The molecule has 2 heterocycles. The zero-order valence-corrected chi connectivity index (χ0v) is 21.8. The third kappa shape index (κ3) is 5.87. The Kier molecular flexibility index (Phi) is 7.91. The van der Waals surface area contributed by atoms with Gasteiger partial charge in [-0.3, -0.25) is 14.6 Å². The van der Waals surface area contributed by atoms with Gasteiger partial charge in [-0.05, 0) is 74.4 Å². The standard InChI is InChI=1S/C27H29Cl2FN2O5/c28-21-2-1-3-22(29)20(21)12-31-8-6-16(7-9-31)13-37-25-11-23(30)19(10-18(25)17-4-5-17)26(33)32-15-36-14-24(32)27(34)35/h1-3,10-11,16-17,24H,4-9,12-15H2,(H,34,35)/t24-/m0/s1. The lowest BCUT2D eigenvalue weighted by atomic mass is 9.97. The molecule has 2 aromatic rings. The number of benzene rings is 2. The number of hydrogen-bond acceptors (Lipinski definition) is 5. The van der Waals surface area contributed by atoms with Gasteiger partial charge < -0.3 is 14.6 Å². The number of carbonyl (C=O) groups excluding carboxylic acids is 1. The van der Waals surface area contributed by atoms with Gasteiger partial charge in [-0.25, -0.2) is 9.18 Å². The van der Waals surface area contributed by atoms with Crippen LogP contribution in [0.15, 0.2) is 30.3 Å². The summed E-state index contributed by atoms with van der Waals surface area (Å²) in [5, 5.41) is 10.7. The van der Waals surface area contributed by atoms with Gasteiger partial charge in [0.2, 0.25) is 0 Å². The minimum Gasteiger partial charge on any atom is -0.493 e. The van der Waals surface area contributed by atoms with Crippen LogP contribution in [-0.2, 0) is 16.1 Å². The van der Waals surface area contributed by atoms with Crippen molar-refractivity contribution in [3.8, 4) is 5.75 Å². The maximum atomic E-state index is 15.1. The number of ether oxygens (including phenoxy) is 2. The third-order valence-electron chi connectivity index (χ3n) is 7.40. The Balaban J connectivity index is 1.21. The van der Waals surface area contributed by atoms with Crippen LogP contribution in [0, 0.1) is 11.7 Å². The van der Waals surface area contributed by atoms with Crippen LogP contribution in [0.2, 0.25) is 10.0 Å². The van der Waals surface area contributed by atoms with E-state index in [1.54, 1.807) is 0 Å². The Labute approximate surface area is 225 Å². The second-order valence-electron chi connectivity index (χ2n) is 10.0. The number of carboxylic acid groups (broad SMARTS) is 1. The number of halogens is 3. The largest absolute Gasteiger partial charge is 0.493 e. The highest BCUT2D eigenvalue weighted by molar-refractivity contribution is 6.35. The average Bonchev–Trinajstić information content (AvgIpc) is 3.60. The molecule has 1 aliphatic carbocycles. The van der Waals surface area contributed by atoms with Crippen molar-refractivity contribution in [3.05, 3.63) is 62.9 Å². The molecular weight excluding hydrogens is 522 g/mol. The van der Waals surface area contributed by atoms with Crippen LogP contribution in [0.1, 0.15) is 53.1 Å². The summed E-state index contributed by atoms with van der Waals surface area (Å²) in [6.07, 6.45) is 3.77. The highest BCUT2D eigenvalue weighted by atomic mass is 35.5. The SMILES string of the molecule is O=C(O)[C@@H]1COCN1C(=O)c1cc(C2CC2)c(OCC2CCN(Cc3c(Cl)cccc3Cl)CC2)cc1F. The monoisotopic (exact) mass is 550 g/mol. The molecule has 0 aromatic heterocycles. The molecule has 2 aliphatic heterocycles. The van der Waals surface area contributed by atoms with Crippen LogP contribution >= 0.6 is 23.2 Å². The first-order chi connectivity index (χ1) is 17.8. The van der Waals surface area contributed by atoms with Gasteiger partial charge in [0.15, 0.2) is 6.04 Å². The maximum Gasteiger partial charge on any atom is 0.328 e. The number of piperidine rings is 1. The Hall–Kier alpha value is -2.39. The fraction of sp³-hybridized carbons (Fsp3) is 0.481. The maximum absolute atomic E-state index is 15.1. The Morgan fingerprint density at radius 2 is 1.81 bits per heavy atom. The van der Waals surface area contributed by atoms with E-state index < -0.39 is 23.7 Å². The van der Waals surface area contributed by atoms with E-state index in [4.69, 9.17) is 32.7 Å². The second-order valence-corrected chi connectivity index (χ2v) is 10.8. The molecule has 37 heavy (non-hydrogen) atoms. The highest BCUT2D eigenvalue weighted by Gasteiger charge is 2.38. The number of likely N-dealkylation sites (tertiary alicyclic amines) is 1. The Bertz CT molecular complexity index is 1160. The number of hydrogen-bond donors (Lipinski definition) is 1. The number of carboxylic acids is 1. The summed E-state index contributed by atoms with van der Waals surface area (Å²) in [6, 6.07) is 7.24. The molecule has 2 aromatic carbocycles. The molecule has 7 nitrogen and oxygen atoms in total. The molecule has 5 rings (SSSR count). The molecule has 198 valence electrons. The molecule has 3 fully saturated rings. The van der Waals surface area contributed by atoms with Gasteiger partial charge in [-0.1, -0.05) is 29.3 Å². The zero-order valence-electron chi connectivity index (χ0n) is 20.3. The van der Waals surface area contributed by atoms with E-state index in [2.05, 4.69) is 4.90 Å². The van der Waals surface area contributed by atoms with E-state index in [0.717, 1.165) is 54.8 Å². The topological polar surface area (TPSA) is 79.3 Å². The lowest BCUT2D eigenvalue weighted by Gasteiger charge is -2.32. The van der Waals surface area contributed by atoms with Gasteiger partial charge in [0, 0.05) is 28.2 Å². The first-order valence-electron chi connectivity index (χ1n) is 12.5. The molecule has 10 heteroatoms. The van der Waals surface area contributed by atoms with Crippen LogP contribution in [-0.4, -0.2) is 65.9 Å². The molecule has 1 N–H and O–H groups in total.